The van der Waals surface area contributed by atoms with Crippen LogP contribution in [0.2, 0.25) is 10.0 Å². The van der Waals surface area contributed by atoms with Crippen LogP contribution in [0.1, 0.15) is 28.4 Å². The molecule has 0 aliphatic rings. The van der Waals surface area contributed by atoms with E-state index in [-0.39, 0.29) is 0 Å². The number of rotatable bonds is 4. The zero-order valence-corrected chi connectivity index (χ0v) is 13.8. The Bertz CT molecular complexity index is 633. The molecule has 2 aromatic carbocycles. The first-order valence-corrected chi connectivity index (χ1v) is 7.46. The fourth-order valence-electron chi connectivity index (χ4n) is 2.38. The van der Waals surface area contributed by atoms with Gasteiger partial charge in [-0.3, -0.25) is 0 Å². The Labute approximate surface area is 135 Å². The number of aliphatic hydroxyl groups is 1. The topological polar surface area (TPSA) is 29.5 Å². The van der Waals surface area contributed by atoms with Crippen molar-refractivity contribution in [1.29, 1.82) is 0 Å². The third-order valence-electron chi connectivity index (χ3n) is 3.73. The van der Waals surface area contributed by atoms with Gasteiger partial charge in [0.2, 0.25) is 0 Å². The van der Waals surface area contributed by atoms with Gasteiger partial charge in [0, 0.05) is 22.0 Å². The van der Waals surface area contributed by atoms with Crippen LogP contribution in [0.4, 0.5) is 0 Å². The number of benzene rings is 2. The fraction of sp³-hybridized carbons (Fsp3) is 0.294. The lowest BCUT2D eigenvalue weighted by Crippen LogP contribution is -2.06. The molecular formula is C17H18Cl2O2. The van der Waals surface area contributed by atoms with Crippen LogP contribution in [-0.2, 0) is 6.42 Å². The Morgan fingerprint density at radius 3 is 2.29 bits per heavy atom. The van der Waals surface area contributed by atoms with E-state index in [1.807, 2.05) is 26.0 Å². The standard InChI is InChI=1S/C17H18Cl2O2/c1-10-7-8-12(17(21-3)11(10)2)16(20)9-13-14(18)5-4-6-15(13)19/h4-8,16,20H,9H2,1-3H3. The van der Waals surface area contributed by atoms with Gasteiger partial charge in [-0.05, 0) is 42.7 Å². The van der Waals surface area contributed by atoms with Gasteiger partial charge in [-0.1, -0.05) is 41.4 Å². The predicted octanol–water partition coefficient (Wildman–Crippen LogP) is 4.89. The highest BCUT2D eigenvalue weighted by molar-refractivity contribution is 6.36. The summed E-state index contributed by atoms with van der Waals surface area (Å²) < 4.78 is 5.45. The summed E-state index contributed by atoms with van der Waals surface area (Å²) in [4.78, 5) is 0. The Morgan fingerprint density at radius 2 is 1.71 bits per heavy atom. The molecule has 0 bridgehead atoms. The van der Waals surface area contributed by atoms with Gasteiger partial charge in [-0.15, -0.1) is 0 Å². The molecule has 0 saturated heterocycles. The summed E-state index contributed by atoms with van der Waals surface area (Å²) in [6.45, 7) is 3.99. The normalized spacial score (nSPS) is 12.3. The van der Waals surface area contributed by atoms with Crippen molar-refractivity contribution < 1.29 is 9.84 Å². The number of hydrogen-bond acceptors (Lipinski definition) is 2. The van der Waals surface area contributed by atoms with Gasteiger partial charge in [0.25, 0.3) is 0 Å². The average molecular weight is 325 g/mol. The highest BCUT2D eigenvalue weighted by Crippen LogP contribution is 2.35. The van der Waals surface area contributed by atoms with E-state index >= 15 is 0 Å². The molecule has 2 rings (SSSR count). The number of hydrogen-bond donors (Lipinski definition) is 1. The summed E-state index contributed by atoms with van der Waals surface area (Å²) >= 11 is 12.3. The van der Waals surface area contributed by atoms with Crippen LogP contribution in [0.25, 0.3) is 0 Å². The fourth-order valence-corrected chi connectivity index (χ4v) is 2.93. The summed E-state index contributed by atoms with van der Waals surface area (Å²) in [5.74, 6) is 0.714. The average Bonchev–Trinajstić information content (AvgIpc) is 2.45. The second-order valence-electron chi connectivity index (χ2n) is 5.05. The monoisotopic (exact) mass is 324 g/mol. The van der Waals surface area contributed by atoms with Gasteiger partial charge in [0.05, 0.1) is 13.2 Å². The van der Waals surface area contributed by atoms with Gasteiger partial charge in [-0.2, -0.15) is 0 Å². The van der Waals surface area contributed by atoms with Crippen molar-refractivity contribution in [3.05, 3.63) is 62.6 Å². The number of aliphatic hydroxyl groups excluding tert-OH is 1. The van der Waals surface area contributed by atoms with E-state index in [0.29, 0.717) is 22.2 Å². The molecule has 0 fully saturated rings. The Morgan fingerprint density at radius 1 is 1.10 bits per heavy atom. The van der Waals surface area contributed by atoms with Crippen molar-refractivity contribution in [3.8, 4) is 5.75 Å². The van der Waals surface area contributed by atoms with Crippen molar-refractivity contribution in [3.63, 3.8) is 0 Å². The zero-order valence-electron chi connectivity index (χ0n) is 12.3. The summed E-state index contributed by atoms with van der Waals surface area (Å²) in [6, 6.07) is 9.19. The van der Waals surface area contributed by atoms with E-state index in [4.69, 9.17) is 27.9 Å². The Kier molecular flexibility index (Phi) is 5.15. The van der Waals surface area contributed by atoms with Gasteiger partial charge in [-0.25, -0.2) is 0 Å². The largest absolute Gasteiger partial charge is 0.496 e. The van der Waals surface area contributed by atoms with Crippen LogP contribution >= 0.6 is 23.2 Å². The van der Waals surface area contributed by atoms with Crippen molar-refractivity contribution in [2.75, 3.05) is 7.11 Å². The maximum Gasteiger partial charge on any atom is 0.127 e. The highest BCUT2D eigenvalue weighted by atomic mass is 35.5. The molecule has 0 aromatic heterocycles. The first-order valence-electron chi connectivity index (χ1n) is 6.70. The van der Waals surface area contributed by atoms with Crippen LogP contribution in [0, 0.1) is 13.8 Å². The molecule has 21 heavy (non-hydrogen) atoms. The maximum atomic E-state index is 10.6. The predicted molar refractivity (Wildman–Crippen MR) is 87.6 cm³/mol. The zero-order chi connectivity index (χ0) is 15.6. The van der Waals surface area contributed by atoms with Gasteiger partial charge >= 0.3 is 0 Å². The minimum absolute atomic E-state index is 0.345. The number of aryl methyl sites for hydroxylation is 1. The SMILES string of the molecule is COc1c(C(O)Cc2c(Cl)cccc2Cl)ccc(C)c1C. The van der Waals surface area contributed by atoms with E-state index in [1.54, 1.807) is 25.3 Å². The third kappa shape index (κ3) is 3.34. The van der Waals surface area contributed by atoms with Gasteiger partial charge in [0.15, 0.2) is 0 Å². The molecule has 4 heteroatoms. The molecule has 1 atom stereocenters. The lowest BCUT2D eigenvalue weighted by Gasteiger charge is -2.19. The Balaban J connectivity index is 2.37. The number of halogens is 2. The molecule has 2 aromatic rings. The minimum Gasteiger partial charge on any atom is -0.496 e. The van der Waals surface area contributed by atoms with E-state index < -0.39 is 6.10 Å². The first kappa shape index (κ1) is 16.2. The van der Waals surface area contributed by atoms with E-state index in [2.05, 4.69) is 0 Å². The quantitative estimate of drug-likeness (QED) is 0.867. The molecular weight excluding hydrogens is 307 g/mol. The van der Waals surface area contributed by atoms with Crippen LogP contribution in [0.3, 0.4) is 0 Å². The lowest BCUT2D eigenvalue weighted by atomic mass is 9.96. The molecule has 0 radical (unpaired) electrons. The molecule has 0 amide bonds. The van der Waals surface area contributed by atoms with Crippen LogP contribution in [0.15, 0.2) is 30.3 Å². The van der Waals surface area contributed by atoms with Crippen LogP contribution in [-0.4, -0.2) is 12.2 Å². The summed E-state index contributed by atoms with van der Waals surface area (Å²) in [6.07, 6.45) is -0.381. The van der Waals surface area contributed by atoms with E-state index in [1.165, 1.54) is 0 Å². The Hall–Kier alpha value is -1.22. The van der Waals surface area contributed by atoms with E-state index in [9.17, 15) is 5.11 Å². The molecule has 0 aliphatic carbocycles. The first-order chi connectivity index (χ1) is 9.95. The maximum absolute atomic E-state index is 10.6. The number of ether oxygens (including phenoxy) is 1. The number of methoxy groups -OCH3 is 1. The summed E-state index contributed by atoms with van der Waals surface area (Å²) in [7, 11) is 1.61. The second-order valence-corrected chi connectivity index (χ2v) is 5.86. The van der Waals surface area contributed by atoms with Crippen LogP contribution < -0.4 is 4.74 Å². The minimum atomic E-state index is -0.725. The third-order valence-corrected chi connectivity index (χ3v) is 4.44. The molecule has 0 heterocycles. The lowest BCUT2D eigenvalue weighted by molar-refractivity contribution is 0.174. The second kappa shape index (κ2) is 6.69. The van der Waals surface area contributed by atoms with Crippen LogP contribution in [0.5, 0.6) is 5.75 Å². The van der Waals surface area contributed by atoms with E-state index in [0.717, 1.165) is 22.3 Å². The molecule has 2 nitrogen and oxygen atoms in total. The highest BCUT2D eigenvalue weighted by Gasteiger charge is 2.19. The van der Waals surface area contributed by atoms with Crippen molar-refractivity contribution in [2.24, 2.45) is 0 Å². The van der Waals surface area contributed by atoms with Crippen molar-refractivity contribution in [1.82, 2.24) is 0 Å². The molecule has 0 aliphatic heterocycles. The smallest absolute Gasteiger partial charge is 0.127 e. The molecule has 0 saturated carbocycles. The van der Waals surface area contributed by atoms with Gasteiger partial charge < -0.3 is 9.84 Å². The molecule has 0 spiro atoms. The van der Waals surface area contributed by atoms with Crippen molar-refractivity contribution >= 4 is 23.2 Å². The molecule has 1 unspecified atom stereocenters. The van der Waals surface area contributed by atoms with Crippen molar-refractivity contribution in [2.45, 2.75) is 26.4 Å². The molecule has 1 N–H and O–H groups in total. The summed E-state index contributed by atoms with van der Waals surface area (Å²) in [5, 5.41) is 11.7. The summed E-state index contributed by atoms with van der Waals surface area (Å²) in [5.41, 5.74) is 3.64. The van der Waals surface area contributed by atoms with Gasteiger partial charge in [0.1, 0.15) is 5.75 Å². The molecule has 112 valence electrons.